The van der Waals surface area contributed by atoms with Crippen LogP contribution in [-0.2, 0) is 15.9 Å². The molecule has 1 aromatic heterocycles. The second-order valence-corrected chi connectivity index (χ2v) is 3.04. The maximum absolute atomic E-state index is 5.33. The van der Waals surface area contributed by atoms with Crippen molar-refractivity contribution >= 4 is 0 Å². The van der Waals surface area contributed by atoms with Crippen LogP contribution in [0.1, 0.15) is 18.7 Å². The molecule has 0 aliphatic rings. The Kier molecular flexibility index (Phi) is 6.02. The van der Waals surface area contributed by atoms with E-state index in [2.05, 4.69) is 16.2 Å². The molecular formula is C10H17N2O2. The summed E-state index contributed by atoms with van der Waals surface area (Å²) in [6.45, 7) is 2.16. The van der Waals surface area contributed by atoms with Crippen LogP contribution in [0, 0.1) is 6.20 Å². The maximum atomic E-state index is 5.33. The Morgan fingerprint density at radius 2 is 2.29 bits per heavy atom. The summed E-state index contributed by atoms with van der Waals surface area (Å²) < 4.78 is 10.2. The molecule has 0 unspecified atom stereocenters. The van der Waals surface area contributed by atoms with Crippen LogP contribution >= 0.6 is 0 Å². The topological polar surface area (TPSA) is 47.1 Å². The molecule has 1 rings (SSSR count). The van der Waals surface area contributed by atoms with Gasteiger partial charge in [0.1, 0.15) is 12.0 Å². The van der Waals surface area contributed by atoms with Gasteiger partial charge in [-0.25, -0.2) is 4.98 Å². The molecule has 1 N–H and O–H groups in total. The third-order valence-corrected chi connectivity index (χ3v) is 1.89. The maximum Gasteiger partial charge on any atom is 0.108 e. The number of hydrogen-bond donors (Lipinski definition) is 1. The van der Waals surface area contributed by atoms with E-state index in [0.717, 1.165) is 31.7 Å². The van der Waals surface area contributed by atoms with Gasteiger partial charge in [0.05, 0.1) is 13.2 Å². The van der Waals surface area contributed by atoms with E-state index in [1.165, 1.54) is 0 Å². The zero-order chi connectivity index (χ0) is 10.1. The minimum atomic E-state index is 0.674. The molecule has 1 aromatic rings. The Hall–Kier alpha value is -0.870. The van der Waals surface area contributed by atoms with Gasteiger partial charge in [0.2, 0.25) is 0 Å². The van der Waals surface area contributed by atoms with Crippen molar-refractivity contribution in [3.05, 3.63) is 18.2 Å². The predicted octanol–water partition coefficient (Wildman–Crippen LogP) is 1.20. The van der Waals surface area contributed by atoms with Gasteiger partial charge in [0.15, 0.2) is 0 Å². The van der Waals surface area contributed by atoms with E-state index < -0.39 is 0 Å². The third kappa shape index (κ3) is 4.99. The van der Waals surface area contributed by atoms with Crippen LogP contribution in [0.25, 0.3) is 0 Å². The van der Waals surface area contributed by atoms with Gasteiger partial charge >= 0.3 is 0 Å². The average molecular weight is 197 g/mol. The van der Waals surface area contributed by atoms with Crippen LogP contribution in [0.5, 0.6) is 0 Å². The number of hydrogen-bond acceptors (Lipinski definition) is 3. The highest BCUT2D eigenvalue weighted by atomic mass is 16.5. The van der Waals surface area contributed by atoms with E-state index in [9.17, 15) is 0 Å². The minimum absolute atomic E-state index is 0.674. The number of aromatic nitrogens is 2. The Balaban J connectivity index is 1.85. The van der Waals surface area contributed by atoms with Crippen LogP contribution in [-0.4, -0.2) is 36.9 Å². The molecule has 4 heteroatoms. The van der Waals surface area contributed by atoms with Crippen LogP contribution in [0.2, 0.25) is 0 Å². The number of H-pyrrole nitrogens is 1. The van der Waals surface area contributed by atoms with Gasteiger partial charge in [-0.1, -0.05) is 0 Å². The Labute approximate surface area is 84.6 Å². The zero-order valence-corrected chi connectivity index (χ0v) is 8.58. The van der Waals surface area contributed by atoms with Crippen molar-refractivity contribution in [1.82, 2.24) is 9.97 Å². The number of aromatic amines is 1. The molecule has 0 aromatic carbocycles. The molecule has 0 aliphatic heterocycles. The standard InChI is InChI=1S/C10H17N2O2/c1-13-8-9-14-7-3-2-4-10-11-5-6-12-10/h5H,2-4,7-9H2,1H3,(H,11,12). The lowest BCUT2D eigenvalue weighted by Crippen LogP contribution is -2.03. The fourth-order valence-corrected chi connectivity index (χ4v) is 1.13. The number of nitrogens with zero attached hydrogens (tertiary/aromatic N) is 1. The van der Waals surface area contributed by atoms with E-state index in [1.54, 1.807) is 13.3 Å². The average Bonchev–Trinajstić information content (AvgIpc) is 2.69. The van der Waals surface area contributed by atoms with Gasteiger partial charge in [-0.15, -0.1) is 0 Å². The highest BCUT2D eigenvalue weighted by Crippen LogP contribution is 1.98. The highest BCUT2D eigenvalue weighted by molar-refractivity contribution is 4.85. The normalized spacial score (nSPS) is 10.6. The molecule has 0 aliphatic carbocycles. The van der Waals surface area contributed by atoms with Crippen molar-refractivity contribution < 1.29 is 9.47 Å². The van der Waals surface area contributed by atoms with E-state index in [-0.39, 0.29) is 0 Å². The highest BCUT2D eigenvalue weighted by Gasteiger charge is 1.94. The van der Waals surface area contributed by atoms with Gasteiger partial charge in [0.25, 0.3) is 0 Å². The second kappa shape index (κ2) is 7.53. The smallest absolute Gasteiger partial charge is 0.108 e. The quantitative estimate of drug-likeness (QED) is 0.637. The molecular weight excluding hydrogens is 180 g/mol. The molecule has 0 saturated heterocycles. The van der Waals surface area contributed by atoms with E-state index in [0.29, 0.717) is 13.2 Å². The Morgan fingerprint density at radius 1 is 1.36 bits per heavy atom. The number of rotatable bonds is 8. The van der Waals surface area contributed by atoms with Gasteiger partial charge in [-0.3, -0.25) is 0 Å². The van der Waals surface area contributed by atoms with Gasteiger partial charge in [0, 0.05) is 26.3 Å². The fraction of sp³-hybridized carbons (Fsp3) is 0.700. The number of aryl methyl sites for hydroxylation is 1. The van der Waals surface area contributed by atoms with Crippen molar-refractivity contribution in [3.8, 4) is 0 Å². The lowest BCUT2D eigenvalue weighted by atomic mass is 10.2. The van der Waals surface area contributed by atoms with Gasteiger partial charge in [-0.2, -0.15) is 0 Å². The first-order valence-electron chi connectivity index (χ1n) is 4.90. The monoisotopic (exact) mass is 197 g/mol. The summed E-state index contributed by atoms with van der Waals surface area (Å²) in [5.41, 5.74) is 0. The number of imidazole rings is 1. The SMILES string of the molecule is COCCOCCCCc1n[c]c[nH]1. The Bertz CT molecular complexity index is 212. The largest absolute Gasteiger partial charge is 0.382 e. The van der Waals surface area contributed by atoms with Crippen LogP contribution in [0.3, 0.4) is 0 Å². The third-order valence-electron chi connectivity index (χ3n) is 1.89. The van der Waals surface area contributed by atoms with Crippen LogP contribution in [0.15, 0.2) is 6.20 Å². The van der Waals surface area contributed by atoms with Crippen molar-refractivity contribution in [1.29, 1.82) is 0 Å². The molecule has 0 saturated carbocycles. The van der Waals surface area contributed by atoms with E-state index >= 15 is 0 Å². The first kappa shape index (κ1) is 11.2. The summed E-state index contributed by atoms with van der Waals surface area (Å²) in [6, 6.07) is 0. The lowest BCUT2D eigenvalue weighted by Gasteiger charge is -2.02. The summed E-state index contributed by atoms with van der Waals surface area (Å²) in [7, 11) is 1.68. The Morgan fingerprint density at radius 3 is 3.00 bits per heavy atom. The molecule has 1 heterocycles. The summed E-state index contributed by atoms with van der Waals surface area (Å²) in [5.74, 6) is 1.00. The molecule has 0 atom stereocenters. The van der Waals surface area contributed by atoms with Crippen molar-refractivity contribution in [2.75, 3.05) is 26.9 Å². The first-order valence-corrected chi connectivity index (χ1v) is 4.90. The van der Waals surface area contributed by atoms with Gasteiger partial charge in [-0.05, 0) is 12.8 Å². The van der Waals surface area contributed by atoms with E-state index in [1.807, 2.05) is 0 Å². The zero-order valence-electron chi connectivity index (χ0n) is 8.58. The van der Waals surface area contributed by atoms with Crippen LogP contribution < -0.4 is 0 Å². The lowest BCUT2D eigenvalue weighted by molar-refractivity contribution is 0.0688. The fourth-order valence-electron chi connectivity index (χ4n) is 1.13. The molecule has 79 valence electrons. The molecule has 0 bridgehead atoms. The molecule has 14 heavy (non-hydrogen) atoms. The predicted molar refractivity (Wildman–Crippen MR) is 53.1 cm³/mol. The molecule has 0 fully saturated rings. The molecule has 1 radical (unpaired) electrons. The summed E-state index contributed by atoms with van der Waals surface area (Å²) in [4.78, 5) is 7.04. The number of nitrogens with one attached hydrogen (secondary N) is 1. The minimum Gasteiger partial charge on any atom is -0.382 e. The van der Waals surface area contributed by atoms with E-state index in [4.69, 9.17) is 9.47 Å². The van der Waals surface area contributed by atoms with Crippen LogP contribution in [0.4, 0.5) is 0 Å². The van der Waals surface area contributed by atoms with Gasteiger partial charge < -0.3 is 14.5 Å². The summed E-state index contributed by atoms with van der Waals surface area (Å²) in [5, 5.41) is 0. The summed E-state index contributed by atoms with van der Waals surface area (Å²) in [6.07, 6.45) is 7.59. The molecule has 0 amide bonds. The second-order valence-electron chi connectivity index (χ2n) is 3.04. The van der Waals surface area contributed by atoms with Crippen molar-refractivity contribution in [2.24, 2.45) is 0 Å². The number of methoxy groups -OCH3 is 1. The molecule has 0 spiro atoms. The number of unbranched alkanes of at least 4 members (excludes halogenated alkanes) is 1. The van der Waals surface area contributed by atoms with Crippen molar-refractivity contribution in [3.63, 3.8) is 0 Å². The number of ether oxygens (including phenoxy) is 2. The molecule has 4 nitrogen and oxygen atoms in total. The van der Waals surface area contributed by atoms with Crippen molar-refractivity contribution in [2.45, 2.75) is 19.3 Å². The summed E-state index contributed by atoms with van der Waals surface area (Å²) >= 11 is 0. The first-order chi connectivity index (χ1) is 6.93.